The molecule has 21 heavy (non-hydrogen) atoms. The Morgan fingerprint density at radius 3 is 2.52 bits per heavy atom. The number of aryl methyl sites for hydroxylation is 3. The molecule has 2 aromatic heterocycles. The molecular weight excluding hydrogens is 270 g/mol. The first-order chi connectivity index (χ1) is 9.97. The molecule has 0 fully saturated rings. The van der Waals surface area contributed by atoms with Gasteiger partial charge in [-0.15, -0.1) is 5.10 Å². The molecule has 0 aliphatic rings. The van der Waals surface area contributed by atoms with Crippen molar-refractivity contribution in [2.75, 3.05) is 0 Å². The summed E-state index contributed by atoms with van der Waals surface area (Å²) in [5.74, 6) is -1.06. The molecule has 2 rings (SSSR count). The van der Waals surface area contributed by atoms with E-state index in [0.717, 1.165) is 36.2 Å². The van der Waals surface area contributed by atoms with Crippen LogP contribution < -0.4 is 0 Å². The molecule has 0 aliphatic heterocycles. The van der Waals surface area contributed by atoms with Crippen molar-refractivity contribution in [1.82, 2.24) is 24.8 Å². The van der Waals surface area contributed by atoms with Crippen LogP contribution in [-0.4, -0.2) is 35.9 Å². The van der Waals surface area contributed by atoms with Crippen LogP contribution in [0.15, 0.2) is 0 Å². The van der Waals surface area contributed by atoms with Gasteiger partial charge >= 0.3 is 5.97 Å². The number of carboxylic acid groups (broad SMARTS) is 1. The highest BCUT2D eigenvalue weighted by atomic mass is 16.4. The van der Waals surface area contributed by atoms with Gasteiger partial charge in [0.05, 0.1) is 5.69 Å². The molecule has 2 aromatic rings. The van der Waals surface area contributed by atoms with Gasteiger partial charge in [0.2, 0.25) is 0 Å². The Bertz CT molecular complexity index is 657. The highest BCUT2D eigenvalue weighted by molar-refractivity contribution is 5.93. The van der Waals surface area contributed by atoms with Crippen LogP contribution in [0.4, 0.5) is 0 Å². The SMILES string of the molecule is CCCCCn1nnc(C(=O)O)c1-c1c(C)nn(C)c1C. The third kappa shape index (κ3) is 2.81. The lowest BCUT2D eigenvalue weighted by Gasteiger charge is -2.07. The van der Waals surface area contributed by atoms with Crippen LogP contribution in [0.3, 0.4) is 0 Å². The summed E-state index contributed by atoms with van der Waals surface area (Å²) in [4.78, 5) is 11.4. The monoisotopic (exact) mass is 291 g/mol. The summed E-state index contributed by atoms with van der Waals surface area (Å²) >= 11 is 0. The second-order valence-corrected chi connectivity index (χ2v) is 5.19. The maximum absolute atomic E-state index is 11.4. The zero-order valence-electron chi connectivity index (χ0n) is 12.9. The Labute approximate surface area is 123 Å². The second kappa shape index (κ2) is 6.07. The minimum atomic E-state index is -1.06. The van der Waals surface area contributed by atoms with Gasteiger partial charge in [0.1, 0.15) is 5.69 Å². The lowest BCUT2D eigenvalue weighted by molar-refractivity contribution is 0.0691. The van der Waals surface area contributed by atoms with E-state index in [2.05, 4.69) is 22.3 Å². The Morgan fingerprint density at radius 1 is 1.29 bits per heavy atom. The number of carboxylic acids is 1. The molecule has 0 saturated heterocycles. The minimum Gasteiger partial charge on any atom is -0.476 e. The fraction of sp³-hybridized carbons (Fsp3) is 0.571. The molecule has 7 nitrogen and oxygen atoms in total. The number of nitrogens with zero attached hydrogens (tertiary/aromatic N) is 5. The van der Waals surface area contributed by atoms with Crippen molar-refractivity contribution in [3.8, 4) is 11.3 Å². The van der Waals surface area contributed by atoms with E-state index in [0.29, 0.717) is 12.2 Å². The molecule has 0 aliphatic carbocycles. The van der Waals surface area contributed by atoms with Gasteiger partial charge in [0.15, 0.2) is 5.69 Å². The molecule has 114 valence electrons. The van der Waals surface area contributed by atoms with E-state index < -0.39 is 5.97 Å². The van der Waals surface area contributed by atoms with Crippen LogP contribution in [0, 0.1) is 13.8 Å². The van der Waals surface area contributed by atoms with E-state index in [-0.39, 0.29) is 5.69 Å². The molecule has 0 radical (unpaired) electrons. The fourth-order valence-electron chi connectivity index (χ4n) is 2.49. The van der Waals surface area contributed by atoms with Crippen molar-refractivity contribution in [1.29, 1.82) is 0 Å². The van der Waals surface area contributed by atoms with Gasteiger partial charge in [0, 0.05) is 24.8 Å². The molecule has 0 saturated carbocycles. The van der Waals surface area contributed by atoms with Crippen molar-refractivity contribution >= 4 is 5.97 Å². The van der Waals surface area contributed by atoms with Crippen LogP contribution in [0.2, 0.25) is 0 Å². The number of aromatic carboxylic acids is 1. The first kappa shape index (κ1) is 15.2. The standard InChI is InChI=1S/C14H21N5O2/c1-5-6-7-8-19-13(12(14(20)21)15-17-19)11-9(2)16-18(4)10(11)3/h5-8H2,1-4H3,(H,20,21). The Morgan fingerprint density at radius 2 is 2.00 bits per heavy atom. The maximum Gasteiger partial charge on any atom is 0.358 e. The third-order valence-corrected chi connectivity index (χ3v) is 3.66. The number of rotatable bonds is 6. The Hall–Kier alpha value is -2.18. The largest absolute Gasteiger partial charge is 0.476 e. The Balaban J connectivity index is 2.53. The summed E-state index contributed by atoms with van der Waals surface area (Å²) in [6.07, 6.45) is 3.12. The first-order valence-electron chi connectivity index (χ1n) is 7.14. The molecule has 0 bridgehead atoms. The van der Waals surface area contributed by atoms with Gasteiger partial charge in [-0.05, 0) is 20.3 Å². The lowest BCUT2D eigenvalue weighted by atomic mass is 10.1. The van der Waals surface area contributed by atoms with Crippen molar-refractivity contribution in [2.45, 2.75) is 46.6 Å². The van der Waals surface area contributed by atoms with Crippen LogP contribution >= 0.6 is 0 Å². The molecule has 0 aromatic carbocycles. The minimum absolute atomic E-state index is 0.00861. The zero-order valence-corrected chi connectivity index (χ0v) is 12.9. The zero-order chi connectivity index (χ0) is 15.6. The summed E-state index contributed by atoms with van der Waals surface area (Å²) in [6, 6.07) is 0. The van der Waals surface area contributed by atoms with Crippen LogP contribution in [-0.2, 0) is 13.6 Å². The normalized spacial score (nSPS) is 11.0. The maximum atomic E-state index is 11.4. The third-order valence-electron chi connectivity index (χ3n) is 3.66. The molecule has 0 spiro atoms. The van der Waals surface area contributed by atoms with Gasteiger partial charge in [-0.1, -0.05) is 25.0 Å². The van der Waals surface area contributed by atoms with Crippen molar-refractivity contribution in [3.05, 3.63) is 17.1 Å². The molecule has 0 unspecified atom stereocenters. The Kier molecular flexibility index (Phi) is 4.40. The van der Waals surface area contributed by atoms with E-state index in [1.807, 2.05) is 20.9 Å². The van der Waals surface area contributed by atoms with Gasteiger partial charge in [-0.2, -0.15) is 5.10 Å². The van der Waals surface area contributed by atoms with Crippen LogP contribution in [0.5, 0.6) is 0 Å². The summed E-state index contributed by atoms with van der Waals surface area (Å²) < 4.78 is 3.44. The van der Waals surface area contributed by atoms with Gasteiger partial charge in [0.25, 0.3) is 0 Å². The number of hydrogen-bond acceptors (Lipinski definition) is 4. The average molecular weight is 291 g/mol. The van der Waals surface area contributed by atoms with Crippen molar-refractivity contribution in [2.24, 2.45) is 7.05 Å². The predicted octanol–water partition coefficient (Wildman–Crippen LogP) is 2.18. The van der Waals surface area contributed by atoms with Gasteiger partial charge in [-0.25, -0.2) is 9.48 Å². The second-order valence-electron chi connectivity index (χ2n) is 5.19. The van der Waals surface area contributed by atoms with E-state index in [4.69, 9.17) is 0 Å². The topological polar surface area (TPSA) is 85.8 Å². The lowest BCUT2D eigenvalue weighted by Crippen LogP contribution is -2.06. The molecule has 7 heteroatoms. The number of carbonyl (C=O) groups is 1. The molecule has 2 heterocycles. The number of unbranched alkanes of at least 4 members (excludes halogenated alkanes) is 2. The summed E-state index contributed by atoms with van der Waals surface area (Å²) in [6.45, 7) is 6.58. The van der Waals surface area contributed by atoms with Crippen LogP contribution in [0.25, 0.3) is 11.3 Å². The average Bonchev–Trinajstić information content (AvgIpc) is 2.92. The van der Waals surface area contributed by atoms with Crippen molar-refractivity contribution in [3.63, 3.8) is 0 Å². The predicted molar refractivity (Wildman–Crippen MR) is 78.2 cm³/mol. The summed E-state index contributed by atoms with van der Waals surface area (Å²) in [5.41, 5.74) is 3.06. The van der Waals surface area contributed by atoms with E-state index in [1.165, 1.54) is 0 Å². The first-order valence-corrected chi connectivity index (χ1v) is 7.14. The number of hydrogen-bond donors (Lipinski definition) is 1. The van der Waals surface area contributed by atoms with Crippen LogP contribution in [0.1, 0.15) is 48.1 Å². The molecule has 1 N–H and O–H groups in total. The quantitative estimate of drug-likeness (QED) is 0.824. The van der Waals surface area contributed by atoms with E-state index >= 15 is 0 Å². The van der Waals surface area contributed by atoms with Gasteiger partial charge < -0.3 is 5.11 Å². The van der Waals surface area contributed by atoms with E-state index in [1.54, 1.807) is 9.36 Å². The van der Waals surface area contributed by atoms with Crippen molar-refractivity contribution < 1.29 is 9.90 Å². The molecule has 0 amide bonds. The fourth-order valence-corrected chi connectivity index (χ4v) is 2.49. The van der Waals surface area contributed by atoms with Gasteiger partial charge in [-0.3, -0.25) is 4.68 Å². The molecular formula is C14H21N5O2. The highest BCUT2D eigenvalue weighted by Crippen LogP contribution is 2.29. The highest BCUT2D eigenvalue weighted by Gasteiger charge is 2.25. The van der Waals surface area contributed by atoms with E-state index in [9.17, 15) is 9.90 Å². The summed E-state index contributed by atoms with van der Waals surface area (Å²) in [5, 5.41) is 21.6. The summed E-state index contributed by atoms with van der Waals surface area (Å²) in [7, 11) is 1.84. The smallest absolute Gasteiger partial charge is 0.358 e. The molecule has 0 atom stereocenters. The number of aromatic nitrogens is 5.